The zero-order valence-electron chi connectivity index (χ0n) is 10.3. The van der Waals surface area contributed by atoms with Gasteiger partial charge >= 0.3 is 0 Å². The van der Waals surface area contributed by atoms with E-state index >= 15 is 0 Å². The molecular weight excluding hydrogens is 284 g/mol. The van der Waals surface area contributed by atoms with Gasteiger partial charge in [-0.2, -0.15) is 0 Å². The minimum Gasteiger partial charge on any atom is -0.490 e. The van der Waals surface area contributed by atoms with Gasteiger partial charge in [0.05, 0.1) is 11.7 Å². The molecular formula is C13H17BrO3. The van der Waals surface area contributed by atoms with Crippen LogP contribution >= 0.6 is 15.9 Å². The highest BCUT2D eigenvalue weighted by molar-refractivity contribution is 9.10. The molecule has 1 aromatic carbocycles. The number of Topliss-reactive ketones (excluding diaryl/α,β-unsaturated/α-hetero) is 1. The zero-order chi connectivity index (χ0) is 12.8. The van der Waals surface area contributed by atoms with Crippen molar-refractivity contribution in [1.82, 2.24) is 0 Å². The summed E-state index contributed by atoms with van der Waals surface area (Å²) in [6.07, 6.45) is 0.818. The molecule has 4 heteroatoms. The van der Waals surface area contributed by atoms with Gasteiger partial charge in [-0.1, -0.05) is 15.9 Å². The highest BCUT2D eigenvalue weighted by Gasteiger charge is 2.12. The summed E-state index contributed by atoms with van der Waals surface area (Å²) in [4.78, 5) is 11.5. The van der Waals surface area contributed by atoms with Crippen molar-refractivity contribution < 1.29 is 14.3 Å². The largest absolute Gasteiger partial charge is 0.490 e. The van der Waals surface area contributed by atoms with E-state index in [1.807, 2.05) is 19.1 Å². The Labute approximate surface area is 110 Å². The molecule has 1 atom stereocenters. The van der Waals surface area contributed by atoms with Crippen molar-refractivity contribution in [2.75, 3.05) is 13.7 Å². The van der Waals surface area contributed by atoms with Gasteiger partial charge in [0.15, 0.2) is 5.78 Å². The third kappa shape index (κ3) is 4.48. The Morgan fingerprint density at radius 1 is 1.47 bits per heavy atom. The average Bonchev–Trinajstić information content (AvgIpc) is 2.28. The molecule has 0 aliphatic carbocycles. The van der Waals surface area contributed by atoms with E-state index in [4.69, 9.17) is 9.47 Å². The highest BCUT2D eigenvalue weighted by Crippen LogP contribution is 2.25. The van der Waals surface area contributed by atoms with Crippen LogP contribution in [0, 0.1) is 0 Å². The molecule has 0 saturated carbocycles. The summed E-state index contributed by atoms with van der Waals surface area (Å²) in [6.45, 7) is 4.15. The SMILES string of the molecule is COCCC(C)Oc1ccc(Br)cc1C(C)=O. The molecule has 0 bridgehead atoms. The number of carbonyl (C=O) groups is 1. The van der Waals surface area contributed by atoms with Crippen LogP contribution in [0.3, 0.4) is 0 Å². The molecule has 1 unspecified atom stereocenters. The molecule has 0 spiro atoms. The van der Waals surface area contributed by atoms with Crippen LogP contribution in [-0.2, 0) is 4.74 Å². The van der Waals surface area contributed by atoms with Gasteiger partial charge in [0.1, 0.15) is 5.75 Å². The maximum Gasteiger partial charge on any atom is 0.163 e. The van der Waals surface area contributed by atoms with Gasteiger partial charge in [0.2, 0.25) is 0 Å². The lowest BCUT2D eigenvalue weighted by Crippen LogP contribution is -2.15. The highest BCUT2D eigenvalue weighted by atomic mass is 79.9. The maximum atomic E-state index is 11.5. The van der Waals surface area contributed by atoms with Crippen molar-refractivity contribution in [3.63, 3.8) is 0 Å². The van der Waals surface area contributed by atoms with Crippen molar-refractivity contribution in [1.29, 1.82) is 0 Å². The second-order valence-electron chi connectivity index (χ2n) is 3.91. The summed E-state index contributed by atoms with van der Waals surface area (Å²) < 4.78 is 11.6. The first-order valence-electron chi connectivity index (χ1n) is 5.50. The third-order valence-electron chi connectivity index (χ3n) is 2.38. The lowest BCUT2D eigenvalue weighted by molar-refractivity contribution is 0.100. The molecule has 0 aromatic heterocycles. The van der Waals surface area contributed by atoms with E-state index in [-0.39, 0.29) is 11.9 Å². The van der Waals surface area contributed by atoms with E-state index in [1.54, 1.807) is 13.2 Å². The van der Waals surface area contributed by atoms with Gasteiger partial charge < -0.3 is 9.47 Å². The fourth-order valence-electron chi connectivity index (χ4n) is 1.44. The Morgan fingerprint density at radius 2 is 2.18 bits per heavy atom. The summed E-state index contributed by atoms with van der Waals surface area (Å²) in [7, 11) is 1.66. The van der Waals surface area contributed by atoms with E-state index in [2.05, 4.69) is 15.9 Å². The van der Waals surface area contributed by atoms with Gasteiger partial charge in [-0.15, -0.1) is 0 Å². The van der Waals surface area contributed by atoms with Gasteiger partial charge in [-0.05, 0) is 32.0 Å². The smallest absolute Gasteiger partial charge is 0.163 e. The number of halogens is 1. The van der Waals surface area contributed by atoms with Crippen LogP contribution in [0.2, 0.25) is 0 Å². The van der Waals surface area contributed by atoms with Crippen molar-refractivity contribution in [3.8, 4) is 5.75 Å². The lowest BCUT2D eigenvalue weighted by Gasteiger charge is -2.16. The van der Waals surface area contributed by atoms with Crippen LogP contribution < -0.4 is 4.74 Å². The summed E-state index contributed by atoms with van der Waals surface area (Å²) in [5, 5.41) is 0. The molecule has 17 heavy (non-hydrogen) atoms. The maximum absolute atomic E-state index is 11.5. The van der Waals surface area contributed by atoms with Crippen molar-refractivity contribution >= 4 is 21.7 Å². The van der Waals surface area contributed by atoms with Crippen LogP contribution in [0.15, 0.2) is 22.7 Å². The Kier molecular flexibility index (Phi) is 5.65. The molecule has 94 valence electrons. The summed E-state index contributed by atoms with van der Waals surface area (Å²) in [6, 6.07) is 5.45. The molecule has 0 N–H and O–H groups in total. The predicted octanol–water partition coefficient (Wildman–Crippen LogP) is 3.46. The summed E-state index contributed by atoms with van der Waals surface area (Å²) in [5.41, 5.74) is 0.601. The molecule has 0 radical (unpaired) electrons. The Hall–Kier alpha value is -0.870. The monoisotopic (exact) mass is 300 g/mol. The fraction of sp³-hybridized carbons (Fsp3) is 0.462. The van der Waals surface area contributed by atoms with Crippen molar-refractivity contribution in [3.05, 3.63) is 28.2 Å². The zero-order valence-corrected chi connectivity index (χ0v) is 11.9. The summed E-state index contributed by atoms with van der Waals surface area (Å²) >= 11 is 3.34. The Balaban J connectivity index is 2.79. The first-order valence-corrected chi connectivity index (χ1v) is 6.30. The molecule has 0 aliphatic heterocycles. The van der Waals surface area contributed by atoms with Crippen LogP contribution in [0.5, 0.6) is 5.75 Å². The number of ketones is 1. The first-order chi connectivity index (χ1) is 8.04. The number of benzene rings is 1. The third-order valence-corrected chi connectivity index (χ3v) is 2.87. The molecule has 3 nitrogen and oxygen atoms in total. The van der Waals surface area contributed by atoms with Crippen molar-refractivity contribution in [2.24, 2.45) is 0 Å². The molecule has 0 saturated heterocycles. The predicted molar refractivity (Wildman–Crippen MR) is 70.7 cm³/mol. The van der Waals surface area contributed by atoms with Crippen LogP contribution in [0.1, 0.15) is 30.6 Å². The quantitative estimate of drug-likeness (QED) is 0.755. The average molecular weight is 301 g/mol. The number of methoxy groups -OCH3 is 1. The van der Waals surface area contributed by atoms with E-state index in [1.165, 1.54) is 6.92 Å². The fourth-order valence-corrected chi connectivity index (χ4v) is 1.80. The number of rotatable bonds is 6. The molecule has 1 aromatic rings. The standard InChI is InChI=1S/C13H17BrO3/c1-9(6-7-16-3)17-13-5-4-11(14)8-12(13)10(2)15/h4-5,8-9H,6-7H2,1-3H3. The van der Waals surface area contributed by atoms with Crippen LogP contribution in [0.4, 0.5) is 0 Å². The van der Waals surface area contributed by atoms with Crippen LogP contribution in [-0.4, -0.2) is 25.6 Å². The van der Waals surface area contributed by atoms with Gasteiger partial charge in [-0.25, -0.2) is 0 Å². The Bertz CT molecular complexity index is 390. The lowest BCUT2D eigenvalue weighted by atomic mass is 10.1. The van der Waals surface area contributed by atoms with Gasteiger partial charge in [-0.3, -0.25) is 4.79 Å². The molecule has 0 aliphatic rings. The molecule has 0 fully saturated rings. The minimum atomic E-state index is 0.000224. The molecule has 1 rings (SSSR count). The van der Waals surface area contributed by atoms with E-state index < -0.39 is 0 Å². The van der Waals surface area contributed by atoms with Gasteiger partial charge in [0.25, 0.3) is 0 Å². The van der Waals surface area contributed by atoms with E-state index in [0.29, 0.717) is 17.9 Å². The Morgan fingerprint density at radius 3 is 2.76 bits per heavy atom. The number of ether oxygens (including phenoxy) is 2. The molecule has 0 heterocycles. The molecule has 0 amide bonds. The number of hydrogen-bond acceptors (Lipinski definition) is 3. The second-order valence-corrected chi connectivity index (χ2v) is 4.82. The second kappa shape index (κ2) is 6.77. The normalized spacial score (nSPS) is 12.2. The summed E-state index contributed by atoms with van der Waals surface area (Å²) in [5.74, 6) is 0.629. The number of carbonyl (C=O) groups excluding carboxylic acids is 1. The van der Waals surface area contributed by atoms with E-state index in [0.717, 1.165) is 10.9 Å². The van der Waals surface area contributed by atoms with E-state index in [9.17, 15) is 4.79 Å². The van der Waals surface area contributed by atoms with Gasteiger partial charge in [0, 0.05) is 24.6 Å². The number of hydrogen-bond donors (Lipinski definition) is 0. The van der Waals surface area contributed by atoms with Crippen LogP contribution in [0.25, 0.3) is 0 Å². The minimum absolute atomic E-state index is 0.000224. The van der Waals surface area contributed by atoms with Crippen molar-refractivity contribution in [2.45, 2.75) is 26.4 Å². The topological polar surface area (TPSA) is 35.5 Å². The first kappa shape index (κ1) is 14.2.